The molecule has 0 saturated carbocycles. The van der Waals surface area contributed by atoms with Gasteiger partial charge in [0.1, 0.15) is 0 Å². The van der Waals surface area contributed by atoms with Crippen molar-refractivity contribution in [2.75, 3.05) is 6.54 Å². The Morgan fingerprint density at radius 1 is 1.08 bits per heavy atom. The third kappa shape index (κ3) is 2.90. The van der Waals surface area contributed by atoms with Gasteiger partial charge in [0.25, 0.3) is 0 Å². The molecular formula is C18H13Cl2NO3. The minimum absolute atomic E-state index is 0.0754. The molecule has 0 radical (unpaired) electrons. The fourth-order valence-electron chi connectivity index (χ4n) is 2.70. The molecule has 1 aliphatic rings. The molecule has 2 N–H and O–H groups in total. The van der Waals surface area contributed by atoms with Gasteiger partial charge in [0.2, 0.25) is 0 Å². The van der Waals surface area contributed by atoms with Gasteiger partial charge in [0.05, 0.1) is 16.6 Å². The fourth-order valence-corrected chi connectivity index (χ4v) is 3.19. The van der Waals surface area contributed by atoms with Crippen LogP contribution in [0.4, 0.5) is 0 Å². The van der Waals surface area contributed by atoms with E-state index in [1.54, 1.807) is 12.1 Å². The lowest BCUT2D eigenvalue weighted by Gasteiger charge is -2.10. The highest BCUT2D eigenvalue weighted by Crippen LogP contribution is 2.37. The van der Waals surface area contributed by atoms with Crippen LogP contribution in [0.2, 0.25) is 10.0 Å². The number of carbonyl (C=O) groups is 1. The number of hydrogen-bond acceptors (Lipinski definition) is 3. The van der Waals surface area contributed by atoms with Gasteiger partial charge in [-0.05, 0) is 47.4 Å². The average molecular weight is 362 g/mol. The number of halogens is 2. The van der Waals surface area contributed by atoms with Crippen LogP contribution in [0.15, 0.2) is 47.0 Å². The number of carboxylic acids is 1. The monoisotopic (exact) mass is 361 g/mol. The molecule has 122 valence electrons. The second kappa shape index (κ2) is 6.30. The molecule has 0 atom stereocenters. The molecule has 6 heteroatoms. The number of hydrogen-bond donors (Lipinski definition) is 2. The summed E-state index contributed by atoms with van der Waals surface area (Å²) in [5, 5.41) is 19.3. The van der Waals surface area contributed by atoms with E-state index in [-0.39, 0.29) is 21.5 Å². The number of benzene rings is 2. The van der Waals surface area contributed by atoms with Gasteiger partial charge >= 0.3 is 5.97 Å². The Kier molecular flexibility index (Phi) is 4.35. The van der Waals surface area contributed by atoms with E-state index in [0.29, 0.717) is 12.1 Å². The Morgan fingerprint density at radius 2 is 1.71 bits per heavy atom. The summed E-state index contributed by atoms with van der Waals surface area (Å²) in [5.74, 6) is -1.20. The van der Waals surface area contributed by atoms with E-state index < -0.39 is 5.97 Å². The van der Waals surface area contributed by atoms with E-state index in [9.17, 15) is 15.0 Å². The summed E-state index contributed by atoms with van der Waals surface area (Å²) in [6, 6.07) is 10.6. The number of carboxylic acid groups (broad SMARTS) is 1. The highest BCUT2D eigenvalue weighted by Gasteiger charge is 2.24. The molecule has 4 nitrogen and oxygen atoms in total. The van der Waals surface area contributed by atoms with Crippen molar-refractivity contribution in [3.05, 3.63) is 57.6 Å². The molecule has 2 aromatic rings. The first-order valence-electron chi connectivity index (χ1n) is 7.15. The first-order chi connectivity index (χ1) is 11.4. The zero-order valence-electron chi connectivity index (χ0n) is 12.7. The normalized spacial score (nSPS) is 14.0. The van der Waals surface area contributed by atoms with Crippen LogP contribution in [-0.4, -0.2) is 28.4 Å². The molecule has 0 saturated heterocycles. The van der Waals surface area contributed by atoms with Gasteiger partial charge in [-0.15, -0.1) is 0 Å². The molecule has 0 aliphatic carbocycles. The summed E-state index contributed by atoms with van der Waals surface area (Å²) in [6.07, 6.45) is 0. The van der Waals surface area contributed by atoms with Crippen molar-refractivity contribution in [2.24, 2.45) is 4.99 Å². The van der Waals surface area contributed by atoms with Crippen LogP contribution >= 0.6 is 23.2 Å². The molecule has 0 unspecified atom stereocenters. The van der Waals surface area contributed by atoms with Crippen molar-refractivity contribution >= 4 is 40.5 Å². The van der Waals surface area contributed by atoms with Gasteiger partial charge in [-0.2, -0.15) is 0 Å². The number of phenolic OH excluding ortho intramolecular Hbond substituents is 1. The fraction of sp³-hybridized carbons (Fsp3) is 0.111. The third-order valence-corrected chi connectivity index (χ3v) is 4.42. The van der Waals surface area contributed by atoms with Gasteiger partial charge in [-0.1, -0.05) is 41.4 Å². The second-order valence-electron chi connectivity index (χ2n) is 5.49. The Hall–Kier alpha value is -2.30. The minimum Gasteiger partial charge on any atom is -0.505 e. The zero-order valence-corrected chi connectivity index (χ0v) is 14.2. The van der Waals surface area contributed by atoms with Gasteiger partial charge < -0.3 is 10.2 Å². The first-order valence-corrected chi connectivity index (χ1v) is 7.90. The van der Waals surface area contributed by atoms with Crippen LogP contribution in [0, 0.1) is 0 Å². The van der Waals surface area contributed by atoms with E-state index in [0.717, 1.165) is 22.3 Å². The number of aliphatic imine (C=N–C) groups is 1. The van der Waals surface area contributed by atoms with Crippen LogP contribution in [0.25, 0.3) is 16.7 Å². The number of aromatic hydroxyl groups is 1. The molecular weight excluding hydrogens is 349 g/mol. The van der Waals surface area contributed by atoms with Crippen molar-refractivity contribution in [1.29, 1.82) is 0 Å². The maximum Gasteiger partial charge on any atom is 0.354 e. The summed E-state index contributed by atoms with van der Waals surface area (Å²) >= 11 is 12.0. The minimum atomic E-state index is -1.04. The van der Waals surface area contributed by atoms with Gasteiger partial charge in [0, 0.05) is 5.57 Å². The predicted octanol–water partition coefficient (Wildman–Crippen LogP) is 4.68. The molecule has 0 amide bonds. The standard InChI is InChI=1S/C18H13Cl2NO3/c1-9-8-21-16(18(23)24)15(9)11-4-2-3-10(5-11)12-6-13(19)17(22)14(20)7-12/h2-7,22H,8H2,1H3,(H,23,24). The molecule has 0 fully saturated rings. The Labute approximate surface area is 148 Å². The van der Waals surface area contributed by atoms with E-state index in [1.165, 1.54) is 0 Å². The Bertz CT molecular complexity index is 893. The van der Waals surface area contributed by atoms with E-state index >= 15 is 0 Å². The third-order valence-electron chi connectivity index (χ3n) is 3.84. The lowest BCUT2D eigenvalue weighted by atomic mass is 9.94. The first kappa shape index (κ1) is 16.6. The smallest absolute Gasteiger partial charge is 0.354 e. The van der Waals surface area contributed by atoms with Crippen molar-refractivity contribution < 1.29 is 15.0 Å². The average Bonchev–Trinajstić information content (AvgIpc) is 2.94. The summed E-state index contributed by atoms with van der Waals surface area (Å²) < 4.78 is 0. The topological polar surface area (TPSA) is 69.9 Å². The Balaban J connectivity index is 2.10. The maximum atomic E-state index is 11.4. The van der Waals surface area contributed by atoms with Crippen LogP contribution in [0.1, 0.15) is 12.5 Å². The molecule has 0 bridgehead atoms. The highest BCUT2D eigenvalue weighted by atomic mass is 35.5. The maximum absolute atomic E-state index is 11.4. The van der Waals surface area contributed by atoms with Crippen molar-refractivity contribution in [3.8, 4) is 16.9 Å². The molecule has 1 aliphatic heterocycles. The molecule has 24 heavy (non-hydrogen) atoms. The van der Waals surface area contributed by atoms with Crippen LogP contribution in [-0.2, 0) is 4.79 Å². The highest BCUT2D eigenvalue weighted by molar-refractivity contribution is 6.54. The second-order valence-corrected chi connectivity index (χ2v) is 6.31. The van der Waals surface area contributed by atoms with Crippen molar-refractivity contribution in [3.63, 3.8) is 0 Å². The zero-order chi connectivity index (χ0) is 17.4. The molecule has 3 rings (SSSR count). The summed E-state index contributed by atoms with van der Waals surface area (Å²) in [7, 11) is 0. The number of nitrogens with zero attached hydrogens (tertiary/aromatic N) is 1. The summed E-state index contributed by atoms with van der Waals surface area (Å²) in [4.78, 5) is 15.5. The summed E-state index contributed by atoms with van der Waals surface area (Å²) in [5.41, 5.74) is 3.94. The van der Waals surface area contributed by atoms with Gasteiger partial charge in [-0.3, -0.25) is 4.99 Å². The van der Waals surface area contributed by atoms with E-state index in [4.69, 9.17) is 23.2 Å². The van der Waals surface area contributed by atoms with Crippen molar-refractivity contribution in [1.82, 2.24) is 0 Å². The largest absolute Gasteiger partial charge is 0.505 e. The van der Waals surface area contributed by atoms with Crippen LogP contribution < -0.4 is 0 Å². The lowest BCUT2D eigenvalue weighted by Crippen LogP contribution is -2.13. The molecule has 2 aromatic carbocycles. The van der Waals surface area contributed by atoms with Crippen LogP contribution in [0.5, 0.6) is 5.75 Å². The number of aliphatic carboxylic acids is 1. The number of phenols is 1. The SMILES string of the molecule is CC1=C(c2cccc(-c3cc(Cl)c(O)c(Cl)c3)c2)C(C(=O)O)=NC1. The van der Waals surface area contributed by atoms with Crippen molar-refractivity contribution in [2.45, 2.75) is 6.92 Å². The van der Waals surface area contributed by atoms with E-state index in [1.807, 2.05) is 31.2 Å². The molecule has 0 spiro atoms. The summed E-state index contributed by atoms with van der Waals surface area (Å²) in [6.45, 7) is 2.26. The number of rotatable bonds is 3. The Morgan fingerprint density at radius 3 is 2.33 bits per heavy atom. The molecule has 0 aromatic heterocycles. The lowest BCUT2D eigenvalue weighted by molar-refractivity contribution is -0.129. The molecule has 1 heterocycles. The van der Waals surface area contributed by atoms with Crippen LogP contribution in [0.3, 0.4) is 0 Å². The van der Waals surface area contributed by atoms with E-state index in [2.05, 4.69) is 4.99 Å². The van der Waals surface area contributed by atoms with Gasteiger partial charge in [0.15, 0.2) is 11.5 Å². The predicted molar refractivity (Wildman–Crippen MR) is 96.1 cm³/mol. The quantitative estimate of drug-likeness (QED) is 0.833. The van der Waals surface area contributed by atoms with Gasteiger partial charge in [-0.25, -0.2) is 4.79 Å².